The topological polar surface area (TPSA) is 26.3 Å². The third kappa shape index (κ3) is 9.52. The number of alkyl halides is 3. The Morgan fingerprint density at radius 1 is 1.46 bits per heavy atom. The highest BCUT2D eigenvalue weighted by atomic mass is 32.2. The molecule has 13 heavy (non-hydrogen) atoms. The van der Waals surface area contributed by atoms with Crippen molar-refractivity contribution in [2.75, 3.05) is 18.1 Å². The molecule has 0 aromatic carbocycles. The molecule has 0 aromatic rings. The van der Waals surface area contributed by atoms with Gasteiger partial charge in [0.15, 0.2) is 0 Å². The van der Waals surface area contributed by atoms with Crippen LogP contribution in [0.2, 0.25) is 0 Å². The van der Waals surface area contributed by atoms with Crippen LogP contribution in [0.15, 0.2) is 0 Å². The van der Waals surface area contributed by atoms with Gasteiger partial charge in [0.2, 0.25) is 0 Å². The zero-order valence-corrected chi connectivity index (χ0v) is 8.00. The van der Waals surface area contributed by atoms with Gasteiger partial charge in [-0.25, -0.2) is 0 Å². The minimum Gasteiger partial charge on any atom is -0.465 e. The number of hydrogen-bond acceptors (Lipinski definition) is 3. The third-order valence-electron chi connectivity index (χ3n) is 1.06. The number of carbonyl (C=O) groups is 1. The van der Waals surface area contributed by atoms with Crippen LogP contribution in [0, 0.1) is 0 Å². The van der Waals surface area contributed by atoms with Gasteiger partial charge in [0, 0.05) is 5.75 Å². The number of thioether (sulfide) groups is 1. The highest BCUT2D eigenvalue weighted by Crippen LogP contribution is 2.21. The smallest absolute Gasteiger partial charge is 0.389 e. The molecule has 6 heteroatoms. The molecule has 0 N–H and O–H groups in total. The van der Waals surface area contributed by atoms with E-state index >= 15 is 0 Å². The maximum atomic E-state index is 11.6. The first-order valence-electron chi connectivity index (χ1n) is 3.76. The van der Waals surface area contributed by atoms with Crippen LogP contribution >= 0.6 is 11.8 Å². The molecule has 0 amide bonds. The lowest BCUT2D eigenvalue weighted by Gasteiger charge is -2.05. The van der Waals surface area contributed by atoms with E-state index in [1.54, 1.807) is 6.92 Å². The summed E-state index contributed by atoms with van der Waals surface area (Å²) in [5.41, 5.74) is 0. The van der Waals surface area contributed by atoms with Crippen LogP contribution < -0.4 is 0 Å². The van der Waals surface area contributed by atoms with Gasteiger partial charge in [0.25, 0.3) is 0 Å². The lowest BCUT2D eigenvalue weighted by molar-refractivity contribution is -0.140. The van der Waals surface area contributed by atoms with Crippen molar-refractivity contribution >= 4 is 17.7 Å². The maximum absolute atomic E-state index is 11.6. The monoisotopic (exact) mass is 216 g/mol. The van der Waals surface area contributed by atoms with Crippen LogP contribution in [-0.2, 0) is 9.53 Å². The summed E-state index contributed by atoms with van der Waals surface area (Å²) in [7, 11) is 0. The Kier molecular flexibility index (Phi) is 5.94. The second-order valence-corrected chi connectivity index (χ2v) is 3.33. The number of esters is 1. The van der Waals surface area contributed by atoms with E-state index in [1.165, 1.54) is 0 Å². The van der Waals surface area contributed by atoms with Gasteiger partial charge in [-0.1, -0.05) is 0 Å². The number of ether oxygens (including phenoxy) is 1. The largest absolute Gasteiger partial charge is 0.465 e. The Hall–Kier alpha value is -0.390. The molecule has 0 rings (SSSR count). The SMILES string of the molecule is CCOC(=O)CSCCC(F)(F)F. The second kappa shape index (κ2) is 6.12. The highest BCUT2D eigenvalue weighted by Gasteiger charge is 2.26. The zero-order valence-electron chi connectivity index (χ0n) is 7.19. The zero-order chi connectivity index (χ0) is 10.3. The molecule has 0 aliphatic carbocycles. The van der Waals surface area contributed by atoms with E-state index in [4.69, 9.17) is 0 Å². The molecule has 0 bridgehead atoms. The normalized spacial score (nSPS) is 11.4. The number of rotatable bonds is 5. The Balaban J connectivity index is 3.31. The fourth-order valence-corrected chi connectivity index (χ4v) is 1.32. The standard InChI is InChI=1S/C7H11F3O2S/c1-2-12-6(11)5-13-4-3-7(8,9)10/h2-5H2,1H3. The van der Waals surface area contributed by atoms with Crippen molar-refractivity contribution in [3.05, 3.63) is 0 Å². The Bertz CT molecular complexity index is 158. The van der Waals surface area contributed by atoms with Crippen LogP contribution in [0.1, 0.15) is 13.3 Å². The van der Waals surface area contributed by atoms with Crippen molar-refractivity contribution in [3.63, 3.8) is 0 Å². The molecule has 0 aliphatic heterocycles. The van der Waals surface area contributed by atoms with Gasteiger partial charge >= 0.3 is 12.1 Å². The third-order valence-corrected chi connectivity index (χ3v) is 1.99. The number of hydrogen-bond donors (Lipinski definition) is 0. The predicted octanol–water partition coefficient (Wildman–Crippen LogP) is 2.24. The molecule has 0 heterocycles. The van der Waals surface area contributed by atoms with E-state index in [0.717, 1.165) is 11.8 Å². The van der Waals surface area contributed by atoms with Gasteiger partial charge in [0.05, 0.1) is 18.8 Å². The molecular weight excluding hydrogens is 205 g/mol. The van der Waals surface area contributed by atoms with E-state index in [0.29, 0.717) is 0 Å². The Labute approximate surface area is 78.8 Å². The molecule has 0 aliphatic rings. The molecule has 0 fully saturated rings. The summed E-state index contributed by atoms with van der Waals surface area (Å²) in [5, 5.41) is 0. The molecule has 78 valence electrons. The van der Waals surface area contributed by atoms with Gasteiger partial charge in [-0.2, -0.15) is 13.2 Å². The average Bonchev–Trinajstić information content (AvgIpc) is 1.97. The average molecular weight is 216 g/mol. The molecule has 0 saturated carbocycles. The molecule has 0 atom stereocenters. The van der Waals surface area contributed by atoms with Crippen LogP contribution in [0.5, 0.6) is 0 Å². The highest BCUT2D eigenvalue weighted by molar-refractivity contribution is 7.99. The lowest BCUT2D eigenvalue weighted by Crippen LogP contribution is -2.11. The lowest BCUT2D eigenvalue weighted by atomic mass is 10.5. The summed E-state index contributed by atoms with van der Waals surface area (Å²) in [4.78, 5) is 10.6. The van der Waals surface area contributed by atoms with Gasteiger partial charge in [-0.05, 0) is 6.92 Å². The van der Waals surface area contributed by atoms with Crippen molar-refractivity contribution in [1.29, 1.82) is 0 Å². The second-order valence-electron chi connectivity index (χ2n) is 2.22. The van der Waals surface area contributed by atoms with E-state index in [2.05, 4.69) is 4.74 Å². The van der Waals surface area contributed by atoms with E-state index in [-0.39, 0.29) is 18.1 Å². The van der Waals surface area contributed by atoms with E-state index in [1.807, 2.05) is 0 Å². The summed E-state index contributed by atoms with van der Waals surface area (Å²) in [5.74, 6) is -0.568. The van der Waals surface area contributed by atoms with Gasteiger partial charge in [-0.15, -0.1) is 11.8 Å². The molecule has 0 unspecified atom stereocenters. The first kappa shape index (κ1) is 12.6. The summed E-state index contributed by atoms with van der Waals surface area (Å²) < 4.78 is 39.3. The van der Waals surface area contributed by atoms with E-state index < -0.39 is 18.6 Å². The van der Waals surface area contributed by atoms with Crippen molar-refractivity contribution in [2.45, 2.75) is 19.5 Å². The van der Waals surface area contributed by atoms with Crippen molar-refractivity contribution < 1.29 is 22.7 Å². The maximum Gasteiger partial charge on any atom is 0.389 e. The predicted molar refractivity (Wildman–Crippen MR) is 44.6 cm³/mol. The summed E-state index contributed by atoms with van der Waals surface area (Å²) >= 11 is 0.934. The number of carbonyl (C=O) groups excluding carboxylic acids is 1. The molecule has 0 aromatic heterocycles. The Morgan fingerprint density at radius 2 is 2.08 bits per heavy atom. The Morgan fingerprint density at radius 3 is 2.54 bits per heavy atom. The quantitative estimate of drug-likeness (QED) is 0.520. The van der Waals surface area contributed by atoms with E-state index in [9.17, 15) is 18.0 Å². The molecule has 0 saturated heterocycles. The van der Waals surface area contributed by atoms with Crippen molar-refractivity contribution in [2.24, 2.45) is 0 Å². The summed E-state index contributed by atoms with van der Waals surface area (Å²) in [6.07, 6.45) is -5.00. The van der Waals surface area contributed by atoms with Gasteiger partial charge < -0.3 is 4.74 Å². The van der Waals surface area contributed by atoms with Crippen LogP contribution in [-0.4, -0.2) is 30.3 Å². The summed E-state index contributed by atoms with van der Waals surface area (Å²) in [6.45, 7) is 1.91. The van der Waals surface area contributed by atoms with Crippen LogP contribution in [0.3, 0.4) is 0 Å². The van der Waals surface area contributed by atoms with Gasteiger partial charge in [0.1, 0.15) is 0 Å². The fraction of sp³-hybridized carbons (Fsp3) is 0.857. The summed E-state index contributed by atoms with van der Waals surface area (Å²) in [6, 6.07) is 0. The minimum atomic E-state index is -4.14. The molecule has 0 radical (unpaired) electrons. The molecular formula is C7H11F3O2S. The number of halogens is 3. The molecule has 2 nitrogen and oxygen atoms in total. The fourth-order valence-electron chi connectivity index (χ4n) is 0.546. The van der Waals surface area contributed by atoms with Crippen LogP contribution in [0.4, 0.5) is 13.2 Å². The first-order chi connectivity index (χ1) is 5.95. The van der Waals surface area contributed by atoms with Crippen LogP contribution in [0.25, 0.3) is 0 Å². The minimum absolute atomic E-state index is 0.0100. The van der Waals surface area contributed by atoms with Crippen molar-refractivity contribution in [1.82, 2.24) is 0 Å². The van der Waals surface area contributed by atoms with Gasteiger partial charge in [-0.3, -0.25) is 4.79 Å². The van der Waals surface area contributed by atoms with Crippen molar-refractivity contribution in [3.8, 4) is 0 Å². The molecule has 0 spiro atoms. The first-order valence-corrected chi connectivity index (χ1v) is 4.91.